The Bertz CT molecular complexity index is 207. The molecule has 0 rings (SSSR count). The Morgan fingerprint density at radius 1 is 0.800 bits per heavy atom. The lowest BCUT2D eigenvalue weighted by atomic mass is 10.1. The zero-order chi connectivity index (χ0) is 14.9. The van der Waals surface area contributed by atoms with Crippen molar-refractivity contribution in [2.24, 2.45) is 0 Å². The summed E-state index contributed by atoms with van der Waals surface area (Å²) in [6.45, 7) is 4.96. The van der Waals surface area contributed by atoms with Gasteiger partial charge in [0.1, 0.15) is 0 Å². The molecule has 0 atom stereocenters. The van der Waals surface area contributed by atoms with Gasteiger partial charge in [-0.15, -0.1) is 0 Å². The molecule has 0 saturated carbocycles. The first-order valence-electron chi connectivity index (χ1n) is 8.54. The highest BCUT2D eigenvalue weighted by Crippen LogP contribution is 2.12. The van der Waals surface area contributed by atoms with Gasteiger partial charge < -0.3 is 4.74 Å². The van der Waals surface area contributed by atoms with Gasteiger partial charge >= 0.3 is 5.97 Å². The Kier molecular flexibility index (Phi) is 16.7. The van der Waals surface area contributed by atoms with Crippen molar-refractivity contribution in [2.75, 3.05) is 18.1 Å². The van der Waals surface area contributed by atoms with Crippen LogP contribution in [0.4, 0.5) is 0 Å². The summed E-state index contributed by atoms with van der Waals surface area (Å²) in [7, 11) is 0. The molecule has 0 bridgehead atoms. The van der Waals surface area contributed by atoms with E-state index in [-0.39, 0.29) is 5.97 Å². The van der Waals surface area contributed by atoms with E-state index in [9.17, 15) is 4.79 Å². The van der Waals surface area contributed by atoms with Gasteiger partial charge in [-0.25, -0.2) is 0 Å². The van der Waals surface area contributed by atoms with Crippen molar-refractivity contribution in [3.8, 4) is 0 Å². The van der Waals surface area contributed by atoms with Crippen LogP contribution in [0.15, 0.2) is 0 Å². The lowest BCUT2D eigenvalue weighted by Gasteiger charge is -2.04. The number of carbonyl (C=O) groups is 1. The maximum atomic E-state index is 11.3. The highest BCUT2D eigenvalue weighted by atomic mass is 32.2. The summed E-state index contributed by atoms with van der Waals surface area (Å²) in [5.41, 5.74) is 0. The van der Waals surface area contributed by atoms with E-state index in [0.29, 0.717) is 13.0 Å². The average Bonchev–Trinajstić information content (AvgIpc) is 2.45. The fraction of sp³-hybridized carbons (Fsp3) is 0.941. The molecule has 0 heterocycles. The van der Waals surface area contributed by atoms with E-state index in [2.05, 4.69) is 13.8 Å². The first kappa shape index (κ1) is 19.8. The summed E-state index contributed by atoms with van der Waals surface area (Å²) in [6.07, 6.45) is 13.6. The Hall–Kier alpha value is -0.180. The summed E-state index contributed by atoms with van der Waals surface area (Å²) >= 11 is 1.89. The summed E-state index contributed by atoms with van der Waals surface area (Å²) in [6, 6.07) is 0. The van der Waals surface area contributed by atoms with Crippen LogP contribution >= 0.6 is 11.8 Å². The Morgan fingerprint density at radius 2 is 1.40 bits per heavy atom. The van der Waals surface area contributed by atoms with Gasteiger partial charge in [-0.05, 0) is 18.6 Å². The van der Waals surface area contributed by atoms with Crippen LogP contribution < -0.4 is 0 Å². The van der Waals surface area contributed by atoms with E-state index in [0.717, 1.165) is 18.6 Å². The van der Waals surface area contributed by atoms with Crippen molar-refractivity contribution in [3.63, 3.8) is 0 Å². The molecule has 0 saturated heterocycles. The number of carbonyl (C=O) groups excluding carboxylic acids is 1. The first-order chi connectivity index (χ1) is 9.81. The van der Waals surface area contributed by atoms with E-state index in [4.69, 9.17) is 4.74 Å². The number of rotatable bonds is 15. The SMILES string of the molecule is CCCCCCCCCCSCCC(=O)OCCCC. The van der Waals surface area contributed by atoms with Crippen LogP contribution in [0.2, 0.25) is 0 Å². The second-order valence-electron chi connectivity index (χ2n) is 5.41. The molecule has 120 valence electrons. The maximum absolute atomic E-state index is 11.3. The minimum absolute atomic E-state index is 0.0260. The first-order valence-corrected chi connectivity index (χ1v) is 9.70. The molecular formula is C17H34O2S. The predicted molar refractivity (Wildman–Crippen MR) is 90.4 cm³/mol. The number of hydrogen-bond acceptors (Lipinski definition) is 3. The zero-order valence-corrected chi connectivity index (χ0v) is 14.4. The molecule has 0 radical (unpaired) electrons. The van der Waals surface area contributed by atoms with Crippen LogP contribution in [0.3, 0.4) is 0 Å². The van der Waals surface area contributed by atoms with Crippen LogP contribution in [0.1, 0.15) is 84.5 Å². The molecular weight excluding hydrogens is 268 g/mol. The molecule has 0 aliphatic heterocycles. The molecule has 0 aliphatic carbocycles. The summed E-state index contributed by atoms with van der Waals surface area (Å²) < 4.78 is 5.12. The van der Waals surface area contributed by atoms with Gasteiger partial charge in [-0.1, -0.05) is 65.2 Å². The van der Waals surface area contributed by atoms with Gasteiger partial charge in [0.05, 0.1) is 13.0 Å². The number of ether oxygens (including phenoxy) is 1. The average molecular weight is 303 g/mol. The molecule has 3 heteroatoms. The highest BCUT2D eigenvalue weighted by Gasteiger charge is 2.01. The van der Waals surface area contributed by atoms with E-state index in [1.165, 1.54) is 57.1 Å². The molecule has 2 nitrogen and oxygen atoms in total. The number of unbranched alkanes of at least 4 members (excludes halogenated alkanes) is 8. The third-order valence-corrected chi connectivity index (χ3v) is 4.42. The van der Waals surface area contributed by atoms with E-state index < -0.39 is 0 Å². The second-order valence-corrected chi connectivity index (χ2v) is 6.64. The lowest BCUT2D eigenvalue weighted by molar-refractivity contribution is -0.143. The summed E-state index contributed by atoms with van der Waals surface area (Å²) in [5, 5.41) is 0. The molecule has 0 aliphatic rings. The normalized spacial score (nSPS) is 10.7. The van der Waals surface area contributed by atoms with Crippen molar-refractivity contribution < 1.29 is 9.53 Å². The van der Waals surface area contributed by atoms with Crippen molar-refractivity contribution >= 4 is 17.7 Å². The van der Waals surface area contributed by atoms with Crippen LogP contribution in [0.25, 0.3) is 0 Å². The van der Waals surface area contributed by atoms with Gasteiger partial charge in [-0.3, -0.25) is 4.79 Å². The molecule has 0 N–H and O–H groups in total. The predicted octanol–water partition coefficient (Wildman–Crippen LogP) is 5.59. The van der Waals surface area contributed by atoms with Gasteiger partial charge in [0.2, 0.25) is 0 Å². The van der Waals surface area contributed by atoms with E-state index in [1.807, 2.05) is 11.8 Å². The topological polar surface area (TPSA) is 26.3 Å². The molecule has 0 unspecified atom stereocenters. The molecule has 0 spiro atoms. The monoisotopic (exact) mass is 302 g/mol. The Labute approximate surface area is 130 Å². The molecule has 0 amide bonds. The zero-order valence-electron chi connectivity index (χ0n) is 13.6. The molecule has 0 fully saturated rings. The Morgan fingerprint density at radius 3 is 2.05 bits per heavy atom. The second kappa shape index (κ2) is 16.9. The Balaban J connectivity index is 3.07. The van der Waals surface area contributed by atoms with Gasteiger partial charge in [0.25, 0.3) is 0 Å². The fourth-order valence-corrected chi connectivity index (χ4v) is 2.92. The lowest BCUT2D eigenvalue weighted by Crippen LogP contribution is -2.06. The van der Waals surface area contributed by atoms with Crippen LogP contribution in [0.5, 0.6) is 0 Å². The van der Waals surface area contributed by atoms with Crippen molar-refractivity contribution in [1.82, 2.24) is 0 Å². The minimum Gasteiger partial charge on any atom is -0.466 e. The minimum atomic E-state index is -0.0260. The van der Waals surface area contributed by atoms with E-state index >= 15 is 0 Å². The highest BCUT2D eigenvalue weighted by molar-refractivity contribution is 7.99. The standard InChI is InChI=1S/C17H34O2S/c1-3-5-7-8-9-10-11-12-15-20-16-13-17(18)19-14-6-4-2/h3-16H2,1-2H3. The quantitative estimate of drug-likeness (QED) is 0.291. The smallest absolute Gasteiger partial charge is 0.306 e. The molecule has 20 heavy (non-hydrogen) atoms. The summed E-state index contributed by atoms with van der Waals surface area (Å²) in [4.78, 5) is 11.3. The number of thioether (sulfide) groups is 1. The number of hydrogen-bond donors (Lipinski definition) is 0. The fourth-order valence-electron chi connectivity index (χ4n) is 2.00. The van der Waals surface area contributed by atoms with Crippen molar-refractivity contribution in [1.29, 1.82) is 0 Å². The van der Waals surface area contributed by atoms with E-state index in [1.54, 1.807) is 0 Å². The molecule has 0 aromatic rings. The third-order valence-electron chi connectivity index (χ3n) is 3.35. The van der Waals surface area contributed by atoms with Crippen LogP contribution in [-0.2, 0) is 9.53 Å². The van der Waals surface area contributed by atoms with Gasteiger partial charge in [-0.2, -0.15) is 11.8 Å². The molecule has 0 aromatic carbocycles. The maximum Gasteiger partial charge on any atom is 0.306 e. The van der Waals surface area contributed by atoms with Gasteiger partial charge in [0.15, 0.2) is 0 Å². The third kappa shape index (κ3) is 15.9. The van der Waals surface area contributed by atoms with Crippen molar-refractivity contribution in [2.45, 2.75) is 84.5 Å². The van der Waals surface area contributed by atoms with Crippen LogP contribution in [0, 0.1) is 0 Å². The van der Waals surface area contributed by atoms with Gasteiger partial charge in [0, 0.05) is 5.75 Å². The molecule has 0 aromatic heterocycles. The number of esters is 1. The van der Waals surface area contributed by atoms with Crippen molar-refractivity contribution in [3.05, 3.63) is 0 Å². The summed E-state index contributed by atoms with van der Waals surface area (Å²) in [5.74, 6) is 2.08. The largest absolute Gasteiger partial charge is 0.466 e. The van der Waals surface area contributed by atoms with Crippen LogP contribution in [-0.4, -0.2) is 24.1 Å².